The molecule has 0 aliphatic carbocycles. The number of aromatic nitrogens is 4. The number of sulfonamides is 1. The molecule has 31 heavy (non-hydrogen) atoms. The number of anilines is 1. The Balaban J connectivity index is 1.39. The Morgan fingerprint density at radius 2 is 1.97 bits per heavy atom. The summed E-state index contributed by atoms with van der Waals surface area (Å²) in [6.45, 7) is 1.11. The topological polar surface area (TPSA) is 116 Å². The molecule has 3 N–H and O–H groups in total. The van der Waals surface area contributed by atoms with Gasteiger partial charge >= 0.3 is 6.08 Å². The van der Waals surface area contributed by atoms with Gasteiger partial charge in [0.1, 0.15) is 0 Å². The van der Waals surface area contributed by atoms with Crippen molar-refractivity contribution in [1.82, 2.24) is 19.5 Å². The van der Waals surface area contributed by atoms with Gasteiger partial charge in [-0.3, -0.25) is 0 Å². The first-order valence-electron chi connectivity index (χ1n) is 9.66. The minimum atomic E-state index is -3.66. The minimum absolute atomic E-state index is 0.149. The number of unbranched alkanes of at least 4 members (excludes halogenated alkanes) is 1. The first-order valence-corrected chi connectivity index (χ1v) is 12.1. The number of rotatable bonds is 9. The summed E-state index contributed by atoms with van der Waals surface area (Å²) in [6, 6.07) is 11.4. The van der Waals surface area contributed by atoms with Crippen LogP contribution in [0.3, 0.4) is 0 Å². The number of halogens is 1. The van der Waals surface area contributed by atoms with Gasteiger partial charge < -0.3 is 9.88 Å². The van der Waals surface area contributed by atoms with Crippen LogP contribution in [0.25, 0.3) is 11.2 Å². The van der Waals surface area contributed by atoms with Gasteiger partial charge in [-0.05, 0) is 30.9 Å². The van der Waals surface area contributed by atoms with Crippen LogP contribution >= 0.6 is 11.3 Å². The SMILES string of the molecule is NS(=O)(=O)c1csc(CCCCn2cnc3c(NCc4ccccc4)nc(F)nc32)c1. The Morgan fingerprint density at radius 3 is 2.71 bits per heavy atom. The van der Waals surface area contributed by atoms with Crippen LogP contribution in [0.2, 0.25) is 0 Å². The van der Waals surface area contributed by atoms with E-state index in [0.29, 0.717) is 30.1 Å². The summed E-state index contributed by atoms with van der Waals surface area (Å²) < 4.78 is 38.6. The average molecular weight is 461 g/mol. The van der Waals surface area contributed by atoms with Crippen LogP contribution in [0.4, 0.5) is 10.2 Å². The van der Waals surface area contributed by atoms with E-state index in [9.17, 15) is 12.8 Å². The van der Waals surface area contributed by atoms with Crippen molar-refractivity contribution >= 4 is 38.3 Å². The molecule has 4 rings (SSSR count). The second kappa shape index (κ2) is 9.08. The van der Waals surface area contributed by atoms with Crippen molar-refractivity contribution in [3.8, 4) is 0 Å². The third-order valence-electron chi connectivity index (χ3n) is 4.77. The zero-order valence-electron chi connectivity index (χ0n) is 16.5. The number of fused-ring (bicyclic) bond motifs is 1. The molecule has 1 aromatic carbocycles. The molecule has 0 saturated heterocycles. The largest absolute Gasteiger partial charge is 0.364 e. The number of hydrogen-bond acceptors (Lipinski definition) is 7. The molecular weight excluding hydrogens is 439 g/mol. The third kappa shape index (κ3) is 5.24. The number of primary sulfonamides is 1. The summed E-state index contributed by atoms with van der Waals surface area (Å²) in [5, 5.41) is 9.83. The van der Waals surface area contributed by atoms with Crippen LogP contribution in [-0.4, -0.2) is 27.9 Å². The highest BCUT2D eigenvalue weighted by Gasteiger charge is 2.14. The van der Waals surface area contributed by atoms with Gasteiger partial charge in [0.05, 0.1) is 11.2 Å². The number of nitrogens with zero attached hydrogens (tertiary/aromatic N) is 4. The van der Waals surface area contributed by atoms with E-state index in [1.54, 1.807) is 22.3 Å². The monoisotopic (exact) mass is 460 g/mol. The molecule has 0 amide bonds. The van der Waals surface area contributed by atoms with Crippen molar-refractivity contribution in [2.24, 2.45) is 5.14 Å². The van der Waals surface area contributed by atoms with E-state index in [4.69, 9.17) is 5.14 Å². The first kappa shape index (κ1) is 21.3. The maximum atomic E-state index is 14.0. The van der Waals surface area contributed by atoms with Crippen LogP contribution in [0.5, 0.6) is 0 Å². The zero-order chi connectivity index (χ0) is 21.8. The first-order chi connectivity index (χ1) is 14.9. The molecule has 0 fully saturated rings. The predicted octanol–water partition coefficient (Wildman–Crippen LogP) is 3.31. The minimum Gasteiger partial charge on any atom is -0.364 e. The van der Waals surface area contributed by atoms with Gasteiger partial charge in [-0.25, -0.2) is 18.5 Å². The van der Waals surface area contributed by atoms with E-state index in [2.05, 4.69) is 20.3 Å². The van der Waals surface area contributed by atoms with Crippen molar-refractivity contribution in [3.63, 3.8) is 0 Å². The number of hydrogen-bond donors (Lipinski definition) is 2. The molecule has 0 aliphatic rings. The van der Waals surface area contributed by atoms with Gasteiger partial charge in [0, 0.05) is 23.3 Å². The van der Waals surface area contributed by atoms with Gasteiger partial charge in [-0.2, -0.15) is 14.4 Å². The molecule has 162 valence electrons. The van der Waals surface area contributed by atoms with E-state index in [1.807, 2.05) is 30.3 Å². The Hall–Kier alpha value is -2.89. The normalized spacial score (nSPS) is 11.8. The molecule has 0 radical (unpaired) electrons. The van der Waals surface area contributed by atoms with Gasteiger partial charge in [-0.15, -0.1) is 11.3 Å². The molecule has 0 unspecified atom stereocenters. The molecule has 11 heteroatoms. The lowest BCUT2D eigenvalue weighted by atomic mass is 10.2. The van der Waals surface area contributed by atoms with Crippen LogP contribution in [0.1, 0.15) is 23.3 Å². The van der Waals surface area contributed by atoms with Crippen LogP contribution < -0.4 is 10.5 Å². The molecule has 0 atom stereocenters. The van der Waals surface area contributed by atoms with Crippen molar-refractivity contribution in [3.05, 3.63) is 64.6 Å². The number of nitrogens with two attached hydrogens (primary N) is 1. The maximum absolute atomic E-state index is 14.0. The van der Waals surface area contributed by atoms with Crippen LogP contribution in [0.15, 0.2) is 53.0 Å². The summed E-state index contributed by atoms with van der Waals surface area (Å²) in [5.74, 6) is 0.360. The number of imidazole rings is 1. The molecule has 0 aliphatic heterocycles. The summed E-state index contributed by atoms with van der Waals surface area (Å²) in [5.41, 5.74) is 2.01. The quantitative estimate of drug-likeness (QED) is 0.292. The van der Waals surface area contributed by atoms with E-state index < -0.39 is 16.1 Å². The third-order valence-corrected chi connectivity index (χ3v) is 6.81. The Kier molecular flexibility index (Phi) is 6.25. The predicted molar refractivity (Wildman–Crippen MR) is 118 cm³/mol. The highest BCUT2D eigenvalue weighted by Crippen LogP contribution is 2.22. The van der Waals surface area contributed by atoms with Gasteiger partial charge in [0.2, 0.25) is 10.0 Å². The lowest BCUT2D eigenvalue weighted by Gasteiger charge is -2.07. The lowest BCUT2D eigenvalue weighted by molar-refractivity contribution is 0.540. The molecule has 4 aromatic rings. The van der Waals surface area contributed by atoms with Crippen molar-refractivity contribution < 1.29 is 12.8 Å². The van der Waals surface area contributed by atoms with Gasteiger partial charge in [-0.1, -0.05) is 30.3 Å². The number of thiophene rings is 1. The van der Waals surface area contributed by atoms with Gasteiger partial charge in [0.25, 0.3) is 0 Å². The lowest BCUT2D eigenvalue weighted by Crippen LogP contribution is -2.10. The number of aryl methyl sites for hydroxylation is 2. The standard InChI is InChI=1S/C20H21FN6O2S2/c21-20-25-18(23-11-14-6-2-1-3-7-14)17-19(26-20)27(13-24-17)9-5-4-8-15-10-16(12-30-15)31(22,28)29/h1-3,6-7,10,12-13H,4-5,8-9,11H2,(H2,22,28,29)(H,23,25,26). The van der Waals surface area contributed by atoms with Crippen LogP contribution in [0, 0.1) is 6.08 Å². The Morgan fingerprint density at radius 1 is 1.16 bits per heavy atom. The fraction of sp³-hybridized carbons (Fsp3) is 0.250. The van der Waals surface area contributed by atoms with Crippen molar-refractivity contribution in [2.45, 2.75) is 37.2 Å². The molecule has 0 spiro atoms. The van der Waals surface area contributed by atoms with Crippen LogP contribution in [-0.2, 0) is 29.5 Å². The van der Waals surface area contributed by atoms with Crippen molar-refractivity contribution in [1.29, 1.82) is 0 Å². The highest BCUT2D eigenvalue weighted by atomic mass is 32.2. The van der Waals surface area contributed by atoms with E-state index in [0.717, 1.165) is 29.7 Å². The van der Waals surface area contributed by atoms with E-state index >= 15 is 0 Å². The Bertz CT molecular complexity index is 1290. The fourth-order valence-electron chi connectivity index (χ4n) is 3.21. The fourth-order valence-corrected chi connectivity index (χ4v) is 5.06. The average Bonchev–Trinajstić information content (AvgIpc) is 3.37. The smallest absolute Gasteiger partial charge is 0.312 e. The molecule has 0 saturated carbocycles. The summed E-state index contributed by atoms with van der Waals surface area (Å²) >= 11 is 1.38. The second-order valence-electron chi connectivity index (χ2n) is 7.04. The van der Waals surface area contributed by atoms with Crippen molar-refractivity contribution in [2.75, 3.05) is 5.32 Å². The molecule has 3 heterocycles. The maximum Gasteiger partial charge on any atom is 0.312 e. The molecular formula is C20H21FN6O2S2. The van der Waals surface area contributed by atoms with E-state index in [1.165, 1.54) is 11.3 Å². The number of benzene rings is 1. The molecule has 0 bridgehead atoms. The van der Waals surface area contributed by atoms with E-state index in [-0.39, 0.29) is 4.90 Å². The Labute approximate surface area is 183 Å². The number of nitrogens with one attached hydrogen (secondary N) is 1. The second-order valence-corrected chi connectivity index (χ2v) is 9.60. The summed E-state index contributed by atoms with van der Waals surface area (Å²) in [6.07, 6.45) is 3.19. The summed E-state index contributed by atoms with van der Waals surface area (Å²) in [7, 11) is -3.66. The molecule has 8 nitrogen and oxygen atoms in total. The molecule has 3 aromatic heterocycles. The highest BCUT2D eigenvalue weighted by molar-refractivity contribution is 7.89. The van der Waals surface area contributed by atoms with Gasteiger partial charge in [0.15, 0.2) is 17.0 Å². The summed E-state index contributed by atoms with van der Waals surface area (Å²) in [4.78, 5) is 13.3. The zero-order valence-corrected chi connectivity index (χ0v) is 18.2.